The summed E-state index contributed by atoms with van der Waals surface area (Å²) in [5.41, 5.74) is 4.27. The van der Waals surface area contributed by atoms with Crippen LogP contribution in [0, 0.1) is 13.8 Å². The average Bonchev–Trinajstić information content (AvgIpc) is 2.54. The van der Waals surface area contributed by atoms with Crippen molar-refractivity contribution in [2.75, 3.05) is 6.61 Å². The molecule has 1 unspecified atom stereocenters. The predicted octanol–water partition coefficient (Wildman–Crippen LogP) is 4.58. The Bertz CT molecular complexity index is 662. The van der Waals surface area contributed by atoms with E-state index in [1.54, 1.807) is 12.1 Å². The van der Waals surface area contributed by atoms with Crippen LogP contribution in [0.3, 0.4) is 0 Å². The Labute approximate surface area is 138 Å². The van der Waals surface area contributed by atoms with Crippen molar-refractivity contribution in [2.45, 2.75) is 40.2 Å². The van der Waals surface area contributed by atoms with E-state index in [1.165, 1.54) is 16.7 Å². The quantitative estimate of drug-likeness (QED) is 0.847. The summed E-state index contributed by atoms with van der Waals surface area (Å²) in [5.74, 6) is 0.727. The monoisotopic (exact) mass is 311 g/mol. The van der Waals surface area contributed by atoms with Gasteiger partial charge in [0, 0.05) is 5.56 Å². The number of hydrogen-bond donors (Lipinski definition) is 1. The summed E-state index contributed by atoms with van der Waals surface area (Å²) in [6, 6.07) is 13.6. The SMILES string of the molecule is CCOc1ccc(C(=O)NC(CC)c2ccc(C)cc2C)cc1. The number of rotatable bonds is 6. The minimum absolute atomic E-state index is 0.0228. The van der Waals surface area contributed by atoms with Crippen LogP contribution >= 0.6 is 0 Å². The fourth-order valence-electron chi connectivity index (χ4n) is 2.73. The lowest BCUT2D eigenvalue weighted by molar-refractivity contribution is 0.0935. The van der Waals surface area contributed by atoms with Crippen LogP contribution in [-0.2, 0) is 0 Å². The van der Waals surface area contributed by atoms with Crippen molar-refractivity contribution >= 4 is 5.91 Å². The molecule has 0 spiro atoms. The molecule has 1 amide bonds. The van der Waals surface area contributed by atoms with Crippen LogP contribution in [0.4, 0.5) is 0 Å². The highest BCUT2D eigenvalue weighted by Crippen LogP contribution is 2.22. The van der Waals surface area contributed by atoms with Crippen molar-refractivity contribution in [1.29, 1.82) is 0 Å². The Kier molecular flexibility index (Phi) is 5.80. The molecule has 2 aromatic rings. The molecule has 23 heavy (non-hydrogen) atoms. The Morgan fingerprint density at radius 2 is 1.78 bits per heavy atom. The standard InChI is InChI=1S/C20H25NO2/c1-5-19(18-12-7-14(3)13-15(18)4)21-20(22)16-8-10-17(11-9-16)23-6-2/h7-13,19H,5-6H2,1-4H3,(H,21,22). The van der Waals surface area contributed by atoms with Gasteiger partial charge in [-0.05, 0) is 62.6 Å². The maximum absolute atomic E-state index is 12.5. The topological polar surface area (TPSA) is 38.3 Å². The molecule has 0 radical (unpaired) electrons. The van der Waals surface area contributed by atoms with Crippen molar-refractivity contribution in [1.82, 2.24) is 5.32 Å². The molecule has 0 fully saturated rings. The first-order chi connectivity index (χ1) is 11.0. The van der Waals surface area contributed by atoms with Gasteiger partial charge in [0.1, 0.15) is 5.75 Å². The predicted molar refractivity (Wildman–Crippen MR) is 94.0 cm³/mol. The van der Waals surface area contributed by atoms with Crippen LogP contribution in [0.5, 0.6) is 5.75 Å². The molecule has 0 aliphatic carbocycles. The van der Waals surface area contributed by atoms with E-state index < -0.39 is 0 Å². The van der Waals surface area contributed by atoms with Gasteiger partial charge in [-0.3, -0.25) is 4.79 Å². The summed E-state index contributed by atoms with van der Waals surface area (Å²) >= 11 is 0. The number of ether oxygens (including phenoxy) is 1. The van der Waals surface area contributed by atoms with Gasteiger partial charge < -0.3 is 10.1 Å². The number of carbonyl (C=O) groups is 1. The third kappa shape index (κ3) is 4.35. The molecule has 0 heterocycles. The van der Waals surface area contributed by atoms with Gasteiger partial charge in [0.2, 0.25) is 0 Å². The van der Waals surface area contributed by atoms with Crippen LogP contribution in [-0.4, -0.2) is 12.5 Å². The Balaban J connectivity index is 2.13. The Morgan fingerprint density at radius 3 is 2.35 bits per heavy atom. The van der Waals surface area contributed by atoms with Gasteiger partial charge in [-0.1, -0.05) is 30.7 Å². The van der Waals surface area contributed by atoms with E-state index in [-0.39, 0.29) is 11.9 Å². The molecular weight excluding hydrogens is 286 g/mol. The first-order valence-corrected chi connectivity index (χ1v) is 8.16. The molecule has 2 aromatic carbocycles. The number of aryl methyl sites for hydroxylation is 2. The number of benzene rings is 2. The molecular formula is C20H25NO2. The summed E-state index contributed by atoms with van der Waals surface area (Å²) in [7, 11) is 0. The van der Waals surface area contributed by atoms with Gasteiger partial charge in [0.05, 0.1) is 12.6 Å². The van der Waals surface area contributed by atoms with Crippen LogP contribution in [0.15, 0.2) is 42.5 Å². The van der Waals surface area contributed by atoms with Crippen LogP contribution in [0.2, 0.25) is 0 Å². The van der Waals surface area contributed by atoms with E-state index in [0.717, 1.165) is 12.2 Å². The molecule has 122 valence electrons. The fourth-order valence-corrected chi connectivity index (χ4v) is 2.73. The molecule has 0 aromatic heterocycles. The highest BCUT2D eigenvalue weighted by molar-refractivity contribution is 5.94. The van der Waals surface area contributed by atoms with Gasteiger partial charge in [-0.15, -0.1) is 0 Å². The summed E-state index contributed by atoms with van der Waals surface area (Å²) in [6.07, 6.45) is 0.854. The zero-order valence-electron chi connectivity index (χ0n) is 14.3. The van der Waals surface area contributed by atoms with Gasteiger partial charge in [-0.25, -0.2) is 0 Å². The second-order valence-corrected chi connectivity index (χ2v) is 5.75. The van der Waals surface area contributed by atoms with E-state index in [4.69, 9.17) is 4.74 Å². The third-order valence-corrected chi connectivity index (χ3v) is 3.94. The number of amides is 1. The normalized spacial score (nSPS) is 11.8. The Morgan fingerprint density at radius 1 is 1.09 bits per heavy atom. The molecule has 1 atom stereocenters. The van der Waals surface area contributed by atoms with Crippen molar-refractivity contribution < 1.29 is 9.53 Å². The van der Waals surface area contributed by atoms with Crippen molar-refractivity contribution in [3.05, 3.63) is 64.7 Å². The lowest BCUT2D eigenvalue weighted by Crippen LogP contribution is -2.28. The second kappa shape index (κ2) is 7.82. The summed E-state index contributed by atoms with van der Waals surface area (Å²) in [5, 5.41) is 3.13. The molecule has 0 bridgehead atoms. The zero-order chi connectivity index (χ0) is 16.8. The van der Waals surface area contributed by atoms with E-state index in [0.29, 0.717) is 12.2 Å². The van der Waals surface area contributed by atoms with Crippen molar-refractivity contribution in [3.8, 4) is 5.75 Å². The Hall–Kier alpha value is -2.29. The van der Waals surface area contributed by atoms with Gasteiger partial charge in [0.15, 0.2) is 0 Å². The summed E-state index contributed by atoms with van der Waals surface area (Å²) in [6.45, 7) is 8.82. The van der Waals surface area contributed by atoms with Gasteiger partial charge >= 0.3 is 0 Å². The van der Waals surface area contributed by atoms with Crippen LogP contribution in [0.1, 0.15) is 53.4 Å². The summed E-state index contributed by atoms with van der Waals surface area (Å²) in [4.78, 5) is 12.5. The minimum Gasteiger partial charge on any atom is -0.494 e. The highest BCUT2D eigenvalue weighted by Gasteiger charge is 2.16. The van der Waals surface area contributed by atoms with Gasteiger partial charge in [-0.2, -0.15) is 0 Å². The maximum atomic E-state index is 12.5. The van der Waals surface area contributed by atoms with Gasteiger partial charge in [0.25, 0.3) is 5.91 Å². The van der Waals surface area contributed by atoms with Crippen molar-refractivity contribution in [3.63, 3.8) is 0 Å². The molecule has 0 saturated carbocycles. The first-order valence-electron chi connectivity index (χ1n) is 8.16. The highest BCUT2D eigenvalue weighted by atomic mass is 16.5. The van der Waals surface area contributed by atoms with E-state index in [9.17, 15) is 4.79 Å². The van der Waals surface area contributed by atoms with Crippen LogP contribution in [0.25, 0.3) is 0 Å². The van der Waals surface area contributed by atoms with Crippen LogP contribution < -0.4 is 10.1 Å². The second-order valence-electron chi connectivity index (χ2n) is 5.75. The zero-order valence-corrected chi connectivity index (χ0v) is 14.3. The summed E-state index contributed by atoms with van der Waals surface area (Å²) < 4.78 is 5.41. The van der Waals surface area contributed by atoms with E-state index in [1.807, 2.05) is 19.1 Å². The molecule has 0 aliphatic heterocycles. The largest absolute Gasteiger partial charge is 0.494 e. The van der Waals surface area contributed by atoms with E-state index >= 15 is 0 Å². The van der Waals surface area contributed by atoms with Crippen molar-refractivity contribution in [2.24, 2.45) is 0 Å². The molecule has 0 saturated heterocycles. The lowest BCUT2D eigenvalue weighted by atomic mass is 9.97. The van der Waals surface area contributed by atoms with E-state index in [2.05, 4.69) is 44.3 Å². The molecule has 0 aliphatic rings. The molecule has 1 N–H and O–H groups in total. The number of hydrogen-bond acceptors (Lipinski definition) is 2. The maximum Gasteiger partial charge on any atom is 0.251 e. The fraction of sp³-hybridized carbons (Fsp3) is 0.350. The first kappa shape index (κ1) is 17.1. The third-order valence-electron chi connectivity index (χ3n) is 3.94. The smallest absolute Gasteiger partial charge is 0.251 e. The average molecular weight is 311 g/mol. The molecule has 3 heteroatoms. The lowest BCUT2D eigenvalue weighted by Gasteiger charge is -2.20. The molecule has 3 nitrogen and oxygen atoms in total. The molecule has 2 rings (SSSR count). The number of nitrogens with one attached hydrogen (secondary N) is 1. The number of carbonyl (C=O) groups excluding carboxylic acids is 1. The minimum atomic E-state index is -0.0557.